The molecule has 0 unspecified atom stereocenters. The third-order valence-corrected chi connectivity index (χ3v) is 12.8. The minimum atomic E-state index is 0.850. The lowest BCUT2D eigenvalue weighted by atomic mass is 9.99. The van der Waals surface area contributed by atoms with E-state index in [1.54, 1.807) is 0 Å². The molecule has 0 amide bonds. The summed E-state index contributed by atoms with van der Waals surface area (Å²) in [5, 5.41) is 4.59. The van der Waals surface area contributed by atoms with E-state index in [0.717, 1.165) is 72.8 Å². The van der Waals surface area contributed by atoms with E-state index in [2.05, 4.69) is 265 Å². The molecular formula is C64H44N2O. The lowest BCUT2D eigenvalue weighted by molar-refractivity contribution is 0.669. The third-order valence-electron chi connectivity index (χ3n) is 12.8. The van der Waals surface area contributed by atoms with Gasteiger partial charge in [-0.15, -0.1) is 0 Å². The monoisotopic (exact) mass is 856 g/mol. The van der Waals surface area contributed by atoms with Crippen LogP contribution in [0.25, 0.3) is 77.2 Å². The molecule has 67 heavy (non-hydrogen) atoms. The first-order chi connectivity index (χ1) is 33.2. The standard InChI is InChI=1S/C64H44N2O/c1-4-16-45(17-5-1)48-32-35-54(36-33-48)65(57-37-34-51-40-50(30-31-52(51)42-57)47-20-8-3-9-21-47)55-24-15-23-53(43-55)59-26-10-12-28-62(59)66(56-25-14-22-49(41-56)46-18-6-2-7-19-46)58-38-39-61-60-27-11-13-29-63(60)67-64(61)44-58/h1-44H. The van der Waals surface area contributed by atoms with E-state index >= 15 is 0 Å². The molecule has 0 aliphatic rings. The highest BCUT2D eigenvalue weighted by Crippen LogP contribution is 2.45. The summed E-state index contributed by atoms with van der Waals surface area (Å²) in [4.78, 5) is 4.75. The molecule has 0 aliphatic heterocycles. The number of hydrogen-bond acceptors (Lipinski definition) is 3. The second-order valence-corrected chi connectivity index (χ2v) is 17.0. The van der Waals surface area contributed by atoms with Crippen LogP contribution >= 0.6 is 0 Å². The van der Waals surface area contributed by atoms with Gasteiger partial charge in [0.25, 0.3) is 0 Å². The Morgan fingerprint density at radius 2 is 0.701 bits per heavy atom. The van der Waals surface area contributed by atoms with Crippen LogP contribution in [0.5, 0.6) is 0 Å². The SMILES string of the molecule is c1ccc(-c2ccc(N(c3cccc(-c4ccccc4N(c4cccc(-c5ccccc5)c4)c4ccc5c(c4)oc4ccccc45)c3)c3ccc4cc(-c5ccccc5)ccc4c3)cc2)cc1. The molecular weight excluding hydrogens is 813 g/mol. The molecule has 1 heterocycles. The van der Waals surface area contributed by atoms with Gasteiger partial charge in [0, 0.05) is 50.8 Å². The van der Waals surface area contributed by atoms with Crippen molar-refractivity contribution in [2.45, 2.75) is 0 Å². The summed E-state index contributed by atoms with van der Waals surface area (Å²) in [5.41, 5.74) is 17.4. The maximum Gasteiger partial charge on any atom is 0.137 e. The molecule has 3 nitrogen and oxygen atoms in total. The maximum atomic E-state index is 6.50. The van der Waals surface area contributed by atoms with Crippen molar-refractivity contribution in [3.8, 4) is 44.5 Å². The molecule has 0 aliphatic carbocycles. The Morgan fingerprint density at radius 3 is 1.45 bits per heavy atom. The largest absolute Gasteiger partial charge is 0.456 e. The number of furan rings is 1. The molecule has 3 heteroatoms. The smallest absolute Gasteiger partial charge is 0.137 e. The molecule has 0 saturated heterocycles. The zero-order chi connectivity index (χ0) is 44.5. The van der Waals surface area contributed by atoms with E-state index in [9.17, 15) is 0 Å². The van der Waals surface area contributed by atoms with Crippen molar-refractivity contribution < 1.29 is 4.42 Å². The number of benzene rings is 11. The summed E-state index contributed by atoms with van der Waals surface area (Å²) < 4.78 is 6.50. The highest BCUT2D eigenvalue weighted by molar-refractivity contribution is 6.06. The lowest BCUT2D eigenvalue weighted by Gasteiger charge is -2.29. The van der Waals surface area contributed by atoms with Gasteiger partial charge in [0.2, 0.25) is 0 Å². The van der Waals surface area contributed by atoms with Gasteiger partial charge in [-0.3, -0.25) is 0 Å². The number of para-hydroxylation sites is 2. The Kier molecular flexibility index (Phi) is 10.2. The number of rotatable bonds is 10. The Morgan fingerprint density at radius 1 is 0.239 bits per heavy atom. The first kappa shape index (κ1) is 39.7. The summed E-state index contributed by atoms with van der Waals surface area (Å²) in [6, 6.07) is 95.6. The molecule has 0 spiro atoms. The predicted molar refractivity (Wildman–Crippen MR) is 282 cm³/mol. The van der Waals surface area contributed by atoms with Crippen molar-refractivity contribution in [3.05, 3.63) is 267 Å². The Labute approximate surface area is 390 Å². The quantitative estimate of drug-likeness (QED) is 0.137. The highest BCUT2D eigenvalue weighted by Gasteiger charge is 2.21. The van der Waals surface area contributed by atoms with E-state index in [4.69, 9.17) is 4.42 Å². The molecule has 12 rings (SSSR count). The molecule has 0 saturated carbocycles. The molecule has 0 N–H and O–H groups in total. The van der Waals surface area contributed by atoms with Crippen LogP contribution in [0.1, 0.15) is 0 Å². The molecule has 0 atom stereocenters. The van der Waals surface area contributed by atoms with E-state index in [1.807, 2.05) is 12.1 Å². The number of hydrogen-bond donors (Lipinski definition) is 0. The van der Waals surface area contributed by atoms with E-state index in [0.29, 0.717) is 0 Å². The van der Waals surface area contributed by atoms with E-state index in [1.165, 1.54) is 38.6 Å². The van der Waals surface area contributed by atoms with Gasteiger partial charge >= 0.3 is 0 Å². The van der Waals surface area contributed by atoms with Crippen LogP contribution in [-0.2, 0) is 0 Å². The minimum Gasteiger partial charge on any atom is -0.456 e. The van der Waals surface area contributed by atoms with Crippen molar-refractivity contribution in [1.29, 1.82) is 0 Å². The van der Waals surface area contributed by atoms with Crippen LogP contribution in [0.15, 0.2) is 271 Å². The zero-order valence-electron chi connectivity index (χ0n) is 36.7. The summed E-state index contributed by atoms with van der Waals surface area (Å²) in [7, 11) is 0. The Hall–Kier alpha value is -8.92. The van der Waals surface area contributed by atoms with Crippen LogP contribution in [0.2, 0.25) is 0 Å². The van der Waals surface area contributed by atoms with Gasteiger partial charge in [0.1, 0.15) is 11.2 Å². The lowest BCUT2D eigenvalue weighted by Crippen LogP contribution is -2.12. The number of nitrogens with zero attached hydrogens (tertiary/aromatic N) is 2. The molecule has 1 aromatic heterocycles. The fourth-order valence-corrected chi connectivity index (χ4v) is 9.52. The van der Waals surface area contributed by atoms with Crippen molar-refractivity contribution in [2.24, 2.45) is 0 Å². The first-order valence-corrected chi connectivity index (χ1v) is 22.8. The first-order valence-electron chi connectivity index (χ1n) is 22.8. The van der Waals surface area contributed by atoms with Crippen molar-refractivity contribution in [3.63, 3.8) is 0 Å². The van der Waals surface area contributed by atoms with Gasteiger partial charge in [0.05, 0.1) is 5.69 Å². The molecule has 0 radical (unpaired) electrons. The fourth-order valence-electron chi connectivity index (χ4n) is 9.52. The second kappa shape index (κ2) is 17.2. The van der Waals surface area contributed by atoms with E-state index < -0.39 is 0 Å². The van der Waals surface area contributed by atoms with Crippen molar-refractivity contribution in [2.75, 3.05) is 9.80 Å². The summed E-state index contributed by atoms with van der Waals surface area (Å²) >= 11 is 0. The number of anilines is 6. The zero-order valence-corrected chi connectivity index (χ0v) is 36.7. The average Bonchev–Trinajstić information content (AvgIpc) is 3.78. The summed E-state index contributed by atoms with van der Waals surface area (Å²) in [6.45, 7) is 0. The van der Waals surface area contributed by atoms with Crippen molar-refractivity contribution in [1.82, 2.24) is 0 Å². The topological polar surface area (TPSA) is 19.6 Å². The van der Waals surface area contributed by atoms with Crippen LogP contribution in [0.3, 0.4) is 0 Å². The van der Waals surface area contributed by atoms with E-state index in [-0.39, 0.29) is 0 Å². The molecule has 0 fully saturated rings. The van der Waals surface area contributed by atoms with Crippen LogP contribution < -0.4 is 9.80 Å². The highest BCUT2D eigenvalue weighted by atomic mass is 16.3. The molecule has 316 valence electrons. The minimum absolute atomic E-state index is 0.850. The van der Waals surface area contributed by atoms with Gasteiger partial charge in [-0.05, 0) is 129 Å². The van der Waals surface area contributed by atoms with Crippen molar-refractivity contribution >= 4 is 66.8 Å². The molecule has 0 bridgehead atoms. The Bertz CT molecular complexity index is 3690. The van der Waals surface area contributed by atoms with Crippen LogP contribution in [0, 0.1) is 0 Å². The third kappa shape index (κ3) is 7.69. The second-order valence-electron chi connectivity index (χ2n) is 17.0. The average molecular weight is 857 g/mol. The van der Waals surface area contributed by atoms with Gasteiger partial charge in [-0.1, -0.05) is 182 Å². The summed E-state index contributed by atoms with van der Waals surface area (Å²) in [5.74, 6) is 0. The molecule has 11 aromatic carbocycles. The summed E-state index contributed by atoms with van der Waals surface area (Å²) in [6.07, 6.45) is 0. The molecule has 12 aromatic rings. The number of fused-ring (bicyclic) bond motifs is 4. The predicted octanol–water partition coefficient (Wildman–Crippen LogP) is 18.3. The normalized spacial score (nSPS) is 11.3. The fraction of sp³-hybridized carbons (Fsp3) is 0. The van der Waals surface area contributed by atoms with Gasteiger partial charge in [-0.2, -0.15) is 0 Å². The van der Waals surface area contributed by atoms with Crippen LogP contribution in [-0.4, -0.2) is 0 Å². The van der Waals surface area contributed by atoms with Gasteiger partial charge in [0.15, 0.2) is 0 Å². The Balaban J connectivity index is 0.999. The van der Waals surface area contributed by atoms with Gasteiger partial charge < -0.3 is 14.2 Å². The van der Waals surface area contributed by atoms with Crippen LogP contribution in [0.4, 0.5) is 34.1 Å². The van der Waals surface area contributed by atoms with Gasteiger partial charge in [-0.25, -0.2) is 0 Å². The maximum absolute atomic E-state index is 6.50.